The van der Waals surface area contributed by atoms with Crippen molar-refractivity contribution in [3.05, 3.63) is 59.4 Å². The molecule has 1 saturated heterocycles. The van der Waals surface area contributed by atoms with Crippen LogP contribution in [0.2, 0.25) is 0 Å². The van der Waals surface area contributed by atoms with Crippen molar-refractivity contribution in [2.24, 2.45) is 0 Å². The average molecular weight is 461 g/mol. The number of anilines is 1. The molecular formula is C22H26F2N6OS. The number of ether oxygens (including phenoxy) is 1. The Morgan fingerprint density at radius 2 is 1.88 bits per heavy atom. The van der Waals surface area contributed by atoms with Crippen LogP contribution in [-0.2, 0) is 4.74 Å². The maximum absolute atomic E-state index is 14.7. The van der Waals surface area contributed by atoms with Crippen LogP contribution in [0.15, 0.2) is 30.6 Å². The highest BCUT2D eigenvalue weighted by Gasteiger charge is 2.28. The highest BCUT2D eigenvalue weighted by Crippen LogP contribution is 2.33. The SMILES string of the molecule is Cc1cnc(C(C)C(C)SNc2nnc(C3CCCOC3)n2-c2c(F)cccc2F)nc1. The second kappa shape index (κ2) is 9.91. The quantitative estimate of drug-likeness (QED) is 0.508. The van der Waals surface area contributed by atoms with Gasteiger partial charge in [-0.25, -0.2) is 18.7 Å². The van der Waals surface area contributed by atoms with Gasteiger partial charge in [-0.15, -0.1) is 10.2 Å². The van der Waals surface area contributed by atoms with E-state index in [0.29, 0.717) is 19.0 Å². The first-order chi connectivity index (χ1) is 15.5. The van der Waals surface area contributed by atoms with Crippen LogP contribution in [0.25, 0.3) is 5.69 Å². The predicted octanol–water partition coefficient (Wildman–Crippen LogP) is 4.79. The lowest BCUT2D eigenvalue weighted by atomic mass is 10.0. The van der Waals surface area contributed by atoms with Gasteiger partial charge in [0.15, 0.2) is 0 Å². The minimum Gasteiger partial charge on any atom is -0.381 e. The lowest BCUT2D eigenvalue weighted by Gasteiger charge is -2.23. The number of aromatic nitrogens is 5. The summed E-state index contributed by atoms with van der Waals surface area (Å²) in [5.74, 6) is 0.0893. The summed E-state index contributed by atoms with van der Waals surface area (Å²) in [7, 11) is 0. The minimum absolute atomic E-state index is 0.0425. The summed E-state index contributed by atoms with van der Waals surface area (Å²) in [4.78, 5) is 8.82. The van der Waals surface area contributed by atoms with Crippen LogP contribution in [0, 0.1) is 18.6 Å². The summed E-state index contributed by atoms with van der Waals surface area (Å²) >= 11 is 1.39. The molecule has 7 nitrogen and oxygen atoms in total. The van der Waals surface area contributed by atoms with Crippen molar-refractivity contribution in [1.82, 2.24) is 24.7 Å². The van der Waals surface area contributed by atoms with E-state index in [1.807, 2.05) is 20.8 Å². The molecule has 4 rings (SSSR count). The van der Waals surface area contributed by atoms with E-state index in [-0.39, 0.29) is 28.7 Å². The molecule has 0 bridgehead atoms. The molecule has 170 valence electrons. The second-order valence-corrected chi connectivity index (χ2v) is 9.22. The fraction of sp³-hybridized carbons (Fsp3) is 0.455. The predicted molar refractivity (Wildman–Crippen MR) is 120 cm³/mol. The van der Waals surface area contributed by atoms with Gasteiger partial charge in [-0.3, -0.25) is 9.29 Å². The van der Waals surface area contributed by atoms with Gasteiger partial charge in [0.2, 0.25) is 5.95 Å². The maximum Gasteiger partial charge on any atom is 0.239 e. The summed E-state index contributed by atoms with van der Waals surface area (Å²) in [6, 6.07) is 3.81. The van der Waals surface area contributed by atoms with Crippen LogP contribution in [0.1, 0.15) is 55.7 Å². The third-order valence-corrected chi connectivity index (χ3v) is 6.70. The van der Waals surface area contributed by atoms with E-state index in [9.17, 15) is 8.78 Å². The number of aryl methyl sites for hydroxylation is 1. The molecule has 0 radical (unpaired) electrons. The lowest BCUT2D eigenvalue weighted by Crippen LogP contribution is -2.20. The van der Waals surface area contributed by atoms with Gasteiger partial charge in [0.05, 0.1) is 6.61 Å². The molecule has 10 heteroatoms. The van der Waals surface area contributed by atoms with Gasteiger partial charge in [0.25, 0.3) is 0 Å². The van der Waals surface area contributed by atoms with Crippen molar-refractivity contribution in [2.45, 2.75) is 50.7 Å². The van der Waals surface area contributed by atoms with Gasteiger partial charge < -0.3 is 4.74 Å². The summed E-state index contributed by atoms with van der Waals surface area (Å²) in [6.45, 7) is 7.13. The molecule has 3 heterocycles. The van der Waals surface area contributed by atoms with Crippen molar-refractivity contribution in [3.63, 3.8) is 0 Å². The van der Waals surface area contributed by atoms with E-state index in [4.69, 9.17) is 4.74 Å². The Hall–Kier alpha value is -2.59. The first-order valence-corrected chi connectivity index (χ1v) is 11.5. The van der Waals surface area contributed by atoms with Crippen molar-refractivity contribution in [3.8, 4) is 5.69 Å². The average Bonchev–Trinajstić information content (AvgIpc) is 3.21. The normalized spacial score (nSPS) is 18.3. The van der Waals surface area contributed by atoms with Gasteiger partial charge in [-0.1, -0.05) is 19.9 Å². The van der Waals surface area contributed by atoms with Gasteiger partial charge >= 0.3 is 0 Å². The number of rotatable bonds is 7. The van der Waals surface area contributed by atoms with E-state index in [1.54, 1.807) is 12.4 Å². The number of benzene rings is 1. The second-order valence-electron chi connectivity index (χ2n) is 8.03. The summed E-state index contributed by atoms with van der Waals surface area (Å²) in [6.07, 6.45) is 5.26. The molecule has 1 aliphatic heterocycles. The molecule has 0 spiro atoms. The van der Waals surface area contributed by atoms with Crippen molar-refractivity contribution in [1.29, 1.82) is 0 Å². The molecule has 0 aliphatic carbocycles. The smallest absolute Gasteiger partial charge is 0.239 e. The fourth-order valence-corrected chi connectivity index (χ4v) is 4.34. The van der Waals surface area contributed by atoms with E-state index >= 15 is 0 Å². The van der Waals surface area contributed by atoms with Crippen molar-refractivity contribution in [2.75, 3.05) is 17.9 Å². The summed E-state index contributed by atoms with van der Waals surface area (Å²) in [5.41, 5.74) is 0.808. The standard InChI is InChI=1S/C22H26F2N6OS/c1-13-10-25-20(26-11-13)14(2)15(3)32-29-22-28-27-21(16-6-5-9-31-12-16)30(22)19-17(23)7-4-8-18(19)24/h4,7-8,10-11,14-16H,5-6,9,12H2,1-3H3,(H,28,29). The Labute approximate surface area is 190 Å². The van der Waals surface area contributed by atoms with E-state index < -0.39 is 11.6 Å². The van der Waals surface area contributed by atoms with Crippen LogP contribution in [0.5, 0.6) is 0 Å². The number of nitrogens with zero attached hydrogens (tertiary/aromatic N) is 5. The number of hydrogen-bond donors (Lipinski definition) is 1. The molecule has 0 saturated carbocycles. The Morgan fingerprint density at radius 3 is 2.53 bits per heavy atom. The van der Waals surface area contributed by atoms with Gasteiger partial charge in [0, 0.05) is 36.1 Å². The molecule has 2 aromatic heterocycles. The number of nitrogens with one attached hydrogen (secondary N) is 1. The molecular weight excluding hydrogens is 434 g/mol. The summed E-state index contributed by atoms with van der Waals surface area (Å²) in [5, 5.41) is 8.57. The molecule has 1 aromatic carbocycles. The van der Waals surface area contributed by atoms with Gasteiger partial charge in [0.1, 0.15) is 29.0 Å². The Morgan fingerprint density at radius 1 is 1.16 bits per heavy atom. The molecule has 3 aromatic rings. The Bertz CT molecular complexity index is 1030. The zero-order chi connectivity index (χ0) is 22.7. The molecule has 0 amide bonds. The van der Waals surface area contributed by atoms with Crippen molar-refractivity contribution < 1.29 is 13.5 Å². The molecule has 1 fully saturated rings. The monoisotopic (exact) mass is 460 g/mol. The third-order valence-electron chi connectivity index (χ3n) is 5.62. The fourth-order valence-electron chi connectivity index (χ4n) is 3.59. The number of para-hydroxylation sites is 1. The zero-order valence-electron chi connectivity index (χ0n) is 18.3. The van der Waals surface area contributed by atoms with Gasteiger partial charge in [-0.2, -0.15) is 0 Å². The van der Waals surface area contributed by atoms with E-state index in [1.165, 1.54) is 34.7 Å². The molecule has 32 heavy (non-hydrogen) atoms. The Kier molecular flexibility index (Phi) is 7.00. The van der Waals surface area contributed by atoms with E-state index in [2.05, 4.69) is 24.9 Å². The van der Waals surface area contributed by atoms with Crippen LogP contribution in [0.3, 0.4) is 0 Å². The number of halogens is 2. The van der Waals surface area contributed by atoms with Crippen molar-refractivity contribution >= 4 is 17.9 Å². The first-order valence-electron chi connectivity index (χ1n) is 10.6. The van der Waals surface area contributed by atoms with Gasteiger partial charge in [-0.05, 0) is 49.4 Å². The largest absolute Gasteiger partial charge is 0.381 e. The highest BCUT2D eigenvalue weighted by atomic mass is 32.2. The van der Waals surface area contributed by atoms with E-state index in [0.717, 1.165) is 24.2 Å². The topological polar surface area (TPSA) is 77.8 Å². The molecule has 1 aliphatic rings. The number of hydrogen-bond acceptors (Lipinski definition) is 7. The third kappa shape index (κ3) is 4.75. The highest BCUT2D eigenvalue weighted by molar-refractivity contribution is 8.01. The molecule has 3 atom stereocenters. The Balaban J connectivity index is 1.61. The van der Waals surface area contributed by atoms with Crippen LogP contribution in [0.4, 0.5) is 14.7 Å². The maximum atomic E-state index is 14.7. The molecule has 1 N–H and O–H groups in total. The summed E-state index contributed by atoms with van der Waals surface area (Å²) < 4.78 is 39.6. The van der Waals surface area contributed by atoms with Crippen LogP contribution < -0.4 is 4.72 Å². The zero-order valence-corrected chi connectivity index (χ0v) is 19.1. The minimum atomic E-state index is -0.676. The van der Waals surface area contributed by atoms with Crippen LogP contribution in [-0.4, -0.2) is 43.2 Å². The van der Waals surface area contributed by atoms with Crippen LogP contribution >= 0.6 is 11.9 Å². The first kappa shape index (κ1) is 22.6. The molecule has 3 unspecified atom stereocenters. The lowest BCUT2D eigenvalue weighted by molar-refractivity contribution is 0.0775.